The Kier molecular flexibility index (Phi) is 4.65. The molecule has 110 valence electrons. The van der Waals surface area contributed by atoms with Gasteiger partial charge in [-0.2, -0.15) is 0 Å². The first-order valence-electron chi connectivity index (χ1n) is 7.05. The molecule has 1 aliphatic rings. The highest BCUT2D eigenvalue weighted by molar-refractivity contribution is 5.72. The Morgan fingerprint density at radius 3 is 2.90 bits per heavy atom. The first kappa shape index (κ1) is 14.9. The third-order valence-electron chi connectivity index (χ3n) is 3.87. The summed E-state index contributed by atoms with van der Waals surface area (Å²) in [5, 5.41) is 3.32. The molecule has 0 fully saturated rings. The maximum atomic E-state index is 11.9. The second-order valence-electron chi connectivity index (χ2n) is 5.80. The van der Waals surface area contributed by atoms with Crippen molar-refractivity contribution in [2.24, 2.45) is 0 Å². The summed E-state index contributed by atoms with van der Waals surface area (Å²) in [5.41, 5.74) is 2.09. The molecule has 1 unspecified atom stereocenters. The number of anilines is 1. The average Bonchev–Trinajstić information content (AvgIpc) is 2.82. The summed E-state index contributed by atoms with van der Waals surface area (Å²) in [6, 6.07) is 8.12. The summed E-state index contributed by atoms with van der Waals surface area (Å²) < 4.78 is 10.6. The molecule has 1 heterocycles. The molecular formula is C16H23NO3. The maximum Gasteiger partial charge on any atom is 0.306 e. The van der Waals surface area contributed by atoms with E-state index in [4.69, 9.17) is 9.47 Å². The first-order valence-corrected chi connectivity index (χ1v) is 7.05. The van der Waals surface area contributed by atoms with E-state index in [0.717, 1.165) is 12.2 Å². The minimum atomic E-state index is -0.248. The minimum Gasteiger partial charge on any atom is -0.466 e. The van der Waals surface area contributed by atoms with Crippen LogP contribution in [0.3, 0.4) is 0 Å². The van der Waals surface area contributed by atoms with Crippen LogP contribution in [0.4, 0.5) is 5.69 Å². The summed E-state index contributed by atoms with van der Waals surface area (Å²) >= 11 is 0. The zero-order valence-electron chi connectivity index (χ0n) is 12.4. The van der Waals surface area contributed by atoms with E-state index in [1.54, 1.807) is 7.11 Å². The molecule has 0 aliphatic carbocycles. The van der Waals surface area contributed by atoms with Gasteiger partial charge < -0.3 is 14.8 Å². The molecule has 0 amide bonds. The Morgan fingerprint density at radius 1 is 1.40 bits per heavy atom. The van der Waals surface area contributed by atoms with Gasteiger partial charge in [-0.05, 0) is 25.5 Å². The van der Waals surface area contributed by atoms with Crippen LogP contribution in [0.15, 0.2) is 24.3 Å². The van der Waals surface area contributed by atoms with Crippen LogP contribution < -0.4 is 5.32 Å². The number of para-hydroxylation sites is 1. The van der Waals surface area contributed by atoms with E-state index < -0.39 is 0 Å². The Labute approximate surface area is 120 Å². The fourth-order valence-corrected chi connectivity index (χ4v) is 2.31. The molecule has 1 aromatic carbocycles. The van der Waals surface area contributed by atoms with Crippen LogP contribution in [-0.2, 0) is 14.3 Å². The van der Waals surface area contributed by atoms with Gasteiger partial charge in [0.2, 0.25) is 0 Å². The number of methoxy groups -OCH3 is 1. The lowest BCUT2D eigenvalue weighted by molar-refractivity contribution is -0.145. The van der Waals surface area contributed by atoms with Gasteiger partial charge in [0.25, 0.3) is 0 Å². The highest BCUT2D eigenvalue weighted by Crippen LogP contribution is 2.33. The highest BCUT2D eigenvalue weighted by Gasteiger charge is 2.25. The summed E-state index contributed by atoms with van der Waals surface area (Å²) in [4.78, 5) is 11.9. The lowest BCUT2D eigenvalue weighted by Gasteiger charge is -2.22. The van der Waals surface area contributed by atoms with Crippen molar-refractivity contribution in [2.75, 3.05) is 25.6 Å². The number of carbonyl (C=O) groups excluding carboxylic acids is 1. The van der Waals surface area contributed by atoms with Gasteiger partial charge >= 0.3 is 5.97 Å². The van der Waals surface area contributed by atoms with Crippen LogP contribution in [0.25, 0.3) is 0 Å². The summed E-state index contributed by atoms with van der Waals surface area (Å²) in [5.74, 6) is 0.0783. The molecule has 1 atom stereocenters. The third kappa shape index (κ3) is 3.73. The van der Waals surface area contributed by atoms with Crippen molar-refractivity contribution >= 4 is 11.7 Å². The lowest BCUT2D eigenvalue weighted by Crippen LogP contribution is -2.25. The molecule has 1 N–H and O–H groups in total. The van der Waals surface area contributed by atoms with Crippen molar-refractivity contribution < 1.29 is 14.3 Å². The third-order valence-corrected chi connectivity index (χ3v) is 3.87. The number of hydrogen-bond donors (Lipinski definition) is 1. The van der Waals surface area contributed by atoms with Crippen molar-refractivity contribution in [1.29, 1.82) is 0 Å². The molecule has 0 radical (unpaired) electrons. The highest BCUT2D eigenvalue weighted by atomic mass is 16.5. The van der Waals surface area contributed by atoms with Gasteiger partial charge in [-0.25, -0.2) is 0 Å². The van der Waals surface area contributed by atoms with Crippen LogP contribution in [0.2, 0.25) is 0 Å². The second kappa shape index (κ2) is 6.27. The molecule has 4 heteroatoms. The Bertz CT molecular complexity index is 471. The monoisotopic (exact) mass is 277 g/mol. The second-order valence-corrected chi connectivity index (χ2v) is 5.80. The molecular weight excluding hydrogens is 254 g/mol. The van der Waals surface area contributed by atoms with E-state index in [2.05, 4.69) is 11.4 Å². The van der Waals surface area contributed by atoms with Gasteiger partial charge in [-0.1, -0.05) is 18.2 Å². The van der Waals surface area contributed by atoms with Crippen LogP contribution in [0.1, 0.15) is 38.2 Å². The molecule has 0 saturated heterocycles. The minimum absolute atomic E-state index is 0.139. The van der Waals surface area contributed by atoms with Crippen molar-refractivity contribution in [2.45, 2.75) is 38.2 Å². The van der Waals surface area contributed by atoms with E-state index in [9.17, 15) is 4.79 Å². The smallest absolute Gasteiger partial charge is 0.306 e. The SMILES string of the molecule is COC(C)(C)CCOC(=O)CC1CNc2ccccc21. The normalized spacial score (nSPS) is 17.4. The standard InChI is InChI=1S/C16H23NO3/c1-16(2,19-3)8-9-20-15(18)10-12-11-17-14-7-5-4-6-13(12)14/h4-7,12,17H,8-11H2,1-3H3. The van der Waals surface area contributed by atoms with E-state index >= 15 is 0 Å². The number of fused-ring (bicyclic) bond motifs is 1. The average molecular weight is 277 g/mol. The van der Waals surface area contributed by atoms with Gasteiger partial charge in [0.15, 0.2) is 0 Å². The molecule has 1 aromatic rings. The Morgan fingerprint density at radius 2 is 2.15 bits per heavy atom. The largest absolute Gasteiger partial charge is 0.466 e. The predicted molar refractivity (Wildman–Crippen MR) is 79.0 cm³/mol. The van der Waals surface area contributed by atoms with Crippen LogP contribution in [0.5, 0.6) is 0 Å². The molecule has 4 nitrogen and oxygen atoms in total. The van der Waals surface area contributed by atoms with Crippen molar-refractivity contribution in [3.8, 4) is 0 Å². The van der Waals surface area contributed by atoms with Gasteiger partial charge in [0, 0.05) is 31.7 Å². The zero-order valence-corrected chi connectivity index (χ0v) is 12.4. The van der Waals surface area contributed by atoms with Crippen molar-refractivity contribution in [1.82, 2.24) is 0 Å². The van der Waals surface area contributed by atoms with E-state index in [0.29, 0.717) is 19.4 Å². The quantitative estimate of drug-likeness (QED) is 0.812. The number of carbonyl (C=O) groups is 1. The summed E-state index contributed by atoms with van der Waals surface area (Å²) in [7, 11) is 1.67. The van der Waals surface area contributed by atoms with Gasteiger partial charge in [0.1, 0.15) is 0 Å². The first-order chi connectivity index (χ1) is 9.52. The molecule has 0 aromatic heterocycles. The van der Waals surface area contributed by atoms with E-state index in [1.165, 1.54) is 5.56 Å². The Hall–Kier alpha value is -1.55. The van der Waals surface area contributed by atoms with Gasteiger partial charge in [0.05, 0.1) is 18.6 Å². The van der Waals surface area contributed by atoms with Gasteiger partial charge in [-0.3, -0.25) is 4.79 Å². The zero-order chi connectivity index (χ0) is 14.6. The summed E-state index contributed by atoms with van der Waals surface area (Å²) in [6.45, 7) is 5.18. The van der Waals surface area contributed by atoms with Crippen LogP contribution >= 0.6 is 0 Å². The van der Waals surface area contributed by atoms with Crippen LogP contribution in [0, 0.1) is 0 Å². The fourth-order valence-electron chi connectivity index (χ4n) is 2.31. The number of nitrogens with one attached hydrogen (secondary N) is 1. The topological polar surface area (TPSA) is 47.6 Å². The number of esters is 1. The fraction of sp³-hybridized carbons (Fsp3) is 0.562. The molecule has 0 saturated carbocycles. The molecule has 2 rings (SSSR count). The van der Waals surface area contributed by atoms with E-state index in [-0.39, 0.29) is 17.5 Å². The molecule has 0 bridgehead atoms. The number of ether oxygens (including phenoxy) is 2. The van der Waals surface area contributed by atoms with Crippen molar-refractivity contribution in [3.63, 3.8) is 0 Å². The summed E-state index contributed by atoms with van der Waals surface area (Å²) in [6.07, 6.45) is 1.13. The maximum absolute atomic E-state index is 11.9. The number of benzene rings is 1. The van der Waals surface area contributed by atoms with E-state index in [1.807, 2.05) is 32.0 Å². The lowest BCUT2D eigenvalue weighted by atomic mass is 9.98. The number of rotatable bonds is 6. The molecule has 20 heavy (non-hydrogen) atoms. The van der Waals surface area contributed by atoms with Gasteiger partial charge in [-0.15, -0.1) is 0 Å². The molecule has 1 aliphatic heterocycles. The van der Waals surface area contributed by atoms with Crippen LogP contribution in [-0.4, -0.2) is 31.8 Å². The molecule has 0 spiro atoms. The predicted octanol–water partition coefficient (Wildman–Crippen LogP) is 2.94. The van der Waals surface area contributed by atoms with Crippen molar-refractivity contribution in [3.05, 3.63) is 29.8 Å². The Balaban J connectivity index is 1.79. The number of hydrogen-bond acceptors (Lipinski definition) is 4.